The molecule has 0 aromatic heterocycles. The average Bonchev–Trinajstić information content (AvgIpc) is 3.20. The van der Waals surface area contributed by atoms with Crippen LogP contribution in [-0.2, 0) is 10.3 Å². The predicted molar refractivity (Wildman–Crippen MR) is 152 cm³/mol. The van der Waals surface area contributed by atoms with E-state index in [1.165, 1.54) is 11.1 Å². The Bertz CT molecular complexity index is 1590. The standard InChI is InChI=1S/C33H32N2O3/c1-6-35(7-2)23-13-14-26-31(18-23)37-30-17-22(5)29(34-28-15-12-20(3)16-21(28)4)19-27(30)33(26)25-11-9-8-10-24(25)32(36)38-33/h8-19,34H,6-7H2,1-5H3/t33-/m0/s1. The van der Waals surface area contributed by atoms with Gasteiger partial charge < -0.3 is 19.7 Å². The maximum absolute atomic E-state index is 13.3. The first-order valence-corrected chi connectivity index (χ1v) is 13.2. The van der Waals surface area contributed by atoms with Crippen LogP contribution in [0.15, 0.2) is 72.8 Å². The van der Waals surface area contributed by atoms with Gasteiger partial charge in [0.1, 0.15) is 11.5 Å². The number of aryl methyl sites for hydroxylation is 3. The van der Waals surface area contributed by atoms with Crippen LogP contribution in [0.2, 0.25) is 0 Å². The summed E-state index contributed by atoms with van der Waals surface area (Å²) in [5.74, 6) is 1.08. The van der Waals surface area contributed by atoms with Crippen LogP contribution < -0.4 is 15.0 Å². The van der Waals surface area contributed by atoms with E-state index in [0.717, 1.165) is 52.4 Å². The topological polar surface area (TPSA) is 50.8 Å². The molecule has 0 unspecified atom stereocenters. The fourth-order valence-electron chi connectivity index (χ4n) is 5.83. The lowest BCUT2D eigenvalue weighted by Gasteiger charge is -2.37. The lowest BCUT2D eigenvalue weighted by atomic mass is 9.77. The normalized spacial score (nSPS) is 16.8. The third-order valence-electron chi connectivity index (χ3n) is 7.82. The molecule has 0 amide bonds. The Morgan fingerprint density at radius 1 is 0.763 bits per heavy atom. The maximum Gasteiger partial charge on any atom is 0.340 e. The van der Waals surface area contributed by atoms with Gasteiger partial charge in [-0.3, -0.25) is 0 Å². The molecule has 0 fully saturated rings. The highest BCUT2D eigenvalue weighted by molar-refractivity contribution is 5.97. The molecular weight excluding hydrogens is 472 g/mol. The Hall–Kier alpha value is -4.25. The second-order valence-electron chi connectivity index (χ2n) is 10.2. The van der Waals surface area contributed by atoms with Crippen LogP contribution in [0.1, 0.15) is 57.6 Å². The zero-order chi connectivity index (χ0) is 26.6. The summed E-state index contributed by atoms with van der Waals surface area (Å²) in [7, 11) is 0. The van der Waals surface area contributed by atoms with Crippen LogP contribution >= 0.6 is 0 Å². The number of fused-ring (bicyclic) bond motifs is 6. The number of benzene rings is 4. The molecule has 5 heteroatoms. The Kier molecular flexibility index (Phi) is 5.68. The first-order valence-electron chi connectivity index (χ1n) is 13.2. The molecule has 6 rings (SSSR count). The van der Waals surface area contributed by atoms with Gasteiger partial charge in [0.05, 0.1) is 5.56 Å². The minimum absolute atomic E-state index is 0.323. The number of esters is 1. The van der Waals surface area contributed by atoms with Crippen LogP contribution in [-0.4, -0.2) is 19.1 Å². The molecule has 192 valence electrons. The zero-order valence-electron chi connectivity index (χ0n) is 22.5. The number of nitrogens with zero attached hydrogens (tertiary/aromatic N) is 1. The van der Waals surface area contributed by atoms with E-state index in [1.807, 2.05) is 30.3 Å². The van der Waals surface area contributed by atoms with Crippen LogP contribution in [0, 0.1) is 20.8 Å². The van der Waals surface area contributed by atoms with Crippen LogP contribution in [0.25, 0.3) is 0 Å². The molecule has 2 aliphatic rings. The van der Waals surface area contributed by atoms with E-state index in [4.69, 9.17) is 9.47 Å². The number of hydrogen-bond acceptors (Lipinski definition) is 5. The monoisotopic (exact) mass is 504 g/mol. The van der Waals surface area contributed by atoms with Gasteiger partial charge in [0, 0.05) is 52.9 Å². The number of carbonyl (C=O) groups is 1. The summed E-state index contributed by atoms with van der Waals surface area (Å²) in [5.41, 5.74) is 8.48. The van der Waals surface area contributed by atoms with Gasteiger partial charge in [-0.1, -0.05) is 35.9 Å². The van der Waals surface area contributed by atoms with Gasteiger partial charge >= 0.3 is 5.97 Å². The molecule has 1 atom stereocenters. The number of nitrogens with one attached hydrogen (secondary N) is 1. The van der Waals surface area contributed by atoms with Gasteiger partial charge in [0.15, 0.2) is 5.60 Å². The van der Waals surface area contributed by atoms with Crippen molar-refractivity contribution < 1.29 is 14.3 Å². The highest BCUT2D eigenvalue weighted by Crippen LogP contribution is 2.57. The van der Waals surface area contributed by atoms with Gasteiger partial charge in [0.2, 0.25) is 0 Å². The van der Waals surface area contributed by atoms with Crippen LogP contribution in [0.5, 0.6) is 11.5 Å². The first-order chi connectivity index (χ1) is 18.3. The molecule has 0 saturated heterocycles. The predicted octanol–water partition coefficient (Wildman–Crippen LogP) is 7.77. The SMILES string of the molecule is CCN(CC)c1ccc2c(c1)Oc1cc(C)c(Nc3ccc(C)cc3C)cc1[C@@]21OC(=O)c2ccccc21. The number of carbonyl (C=O) groups excluding carboxylic acids is 1. The number of anilines is 3. The van der Waals surface area contributed by atoms with Gasteiger partial charge in [-0.15, -0.1) is 0 Å². The molecule has 1 N–H and O–H groups in total. The minimum Gasteiger partial charge on any atom is -0.456 e. The van der Waals surface area contributed by atoms with E-state index >= 15 is 0 Å². The van der Waals surface area contributed by atoms with Crippen molar-refractivity contribution in [2.45, 2.75) is 40.2 Å². The Morgan fingerprint density at radius 2 is 1.50 bits per heavy atom. The second-order valence-corrected chi connectivity index (χ2v) is 10.2. The smallest absolute Gasteiger partial charge is 0.340 e. The van der Waals surface area contributed by atoms with Crippen molar-refractivity contribution in [1.29, 1.82) is 0 Å². The molecule has 5 nitrogen and oxygen atoms in total. The maximum atomic E-state index is 13.3. The van der Waals surface area contributed by atoms with E-state index in [0.29, 0.717) is 17.1 Å². The van der Waals surface area contributed by atoms with E-state index < -0.39 is 5.60 Å². The van der Waals surface area contributed by atoms with E-state index in [-0.39, 0.29) is 5.97 Å². The Balaban J connectivity index is 1.57. The summed E-state index contributed by atoms with van der Waals surface area (Å²) in [4.78, 5) is 15.5. The highest BCUT2D eigenvalue weighted by atomic mass is 16.6. The van der Waals surface area contributed by atoms with Gasteiger partial charge in [-0.05, 0) is 82.1 Å². The summed E-state index contributed by atoms with van der Waals surface area (Å²) in [6.45, 7) is 12.3. The molecule has 38 heavy (non-hydrogen) atoms. The second kappa shape index (κ2) is 8.95. The van der Waals surface area contributed by atoms with Gasteiger partial charge in [-0.25, -0.2) is 4.79 Å². The zero-order valence-corrected chi connectivity index (χ0v) is 22.5. The highest BCUT2D eigenvalue weighted by Gasteiger charge is 2.53. The molecule has 0 bridgehead atoms. The minimum atomic E-state index is -1.09. The molecule has 0 aliphatic carbocycles. The molecule has 0 radical (unpaired) electrons. The van der Waals surface area contributed by atoms with Crippen molar-refractivity contribution >= 4 is 23.0 Å². The van der Waals surface area contributed by atoms with E-state index in [2.05, 4.69) is 87.3 Å². The third kappa shape index (κ3) is 3.57. The van der Waals surface area contributed by atoms with Crippen molar-refractivity contribution in [3.05, 3.63) is 112 Å². The number of ether oxygens (including phenoxy) is 2. The molecule has 4 aromatic rings. The quantitative estimate of drug-likeness (QED) is 0.281. The molecule has 0 saturated carbocycles. The lowest BCUT2D eigenvalue weighted by molar-refractivity contribution is 0.0224. The average molecular weight is 505 g/mol. The van der Waals surface area contributed by atoms with Gasteiger partial charge in [0.25, 0.3) is 0 Å². The van der Waals surface area contributed by atoms with Crippen LogP contribution in [0.4, 0.5) is 17.1 Å². The van der Waals surface area contributed by atoms with Crippen molar-refractivity contribution in [3.63, 3.8) is 0 Å². The van der Waals surface area contributed by atoms with Crippen LogP contribution in [0.3, 0.4) is 0 Å². The molecule has 4 aromatic carbocycles. The first kappa shape index (κ1) is 24.1. The summed E-state index contributed by atoms with van der Waals surface area (Å²) < 4.78 is 13.0. The fraction of sp³-hybridized carbons (Fsp3) is 0.242. The van der Waals surface area contributed by atoms with Crippen molar-refractivity contribution in [2.75, 3.05) is 23.3 Å². The van der Waals surface area contributed by atoms with Crippen molar-refractivity contribution in [1.82, 2.24) is 0 Å². The molecule has 2 aliphatic heterocycles. The van der Waals surface area contributed by atoms with Crippen molar-refractivity contribution in [3.8, 4) is 11.5 Å². The third-order valence-corrected chi connectivity index (χ3v) is 7.82. The summed E-state index contributed by atoms with van der Waals surface area (Å²) in [6, 6.07) is 24.4. The summed E-state index contributed by atoms with van der Waals surface area (Å²) in [5, 5.41) is 3.62. The van der Waals surface area contributed by atoms with Gasteiger partial charge in [-0.2, -0.15) is 0 Å². The summed E-state index contributed by atoms with van der Waals surface area (Å²) >= 11 is 0. The number of hydrogen-bond donors (Lipinski definition) is 1. The van der Waals surface area contributed by atoms with E-state index in [1.54, 1.807) is 0 Å². The Labute approximate surface area is 224 Å². The Morgan fingerprint density at radius 3 is 2.26 bits per heavy atom. The number of rotatable bonds is 5. The van der Waals surface area contributed by atoms with Crippen molar-refractivity contribution in [2.24, 2.45) is 0 Å². The van der Waals surface area contributed by atoms with E-state index in [9.17, 15) is 4.79 Å². The molecule has 2 heterocycles. The lowest BCUT2D eigenvalue weighted by Crippen LogP contribution is -2.33. The summed E-state index contributed by atoms with van der Waals surface area (Å²) in [6.07, 6.45) is 0. The largest absolute Gasteiger partial charge is 0.456 e. The molecule has 1 spiro atoms. The fourth-order valence-corrected chi connectivity index (χ4v) is 5.83. The molecular formula is C33H32N2O3.